The molecule has 3 rings (SSSR count). The van der Waals surface area contributed by atoms with E-state index in [2.05, 4.69) is 51.7 Å². The second-order valence-electron chi connectivity index (χ2n) is 8.57. The highest BCUT2D eigenvalue weighted by molar-refractivity contribution is 5.80. The van der Waals surface area contributed by atoms with Gasteiger partial charge in [0.05, 0.1) is 0 Å². The Balaban J connectivity index is 1.33. The molecule has 6 heteroatoms. The van der Waals surface area contributed by atoms with Crippen LogP contribution in [0.2, 0.25) is 0 Å². The van der Waals surface area contributed by atoms with Gasteiger partial charge in [0.25, 0.3) is 0 Å². The van der Waals surface area contributed by atoms with Crippen molar-refractivity contribution >= 4 is 11.9 Å². The fraction of sp³-hybridized carbons (Fsp3) is 0.652. The van der Waals surface area contributed by atoms with Crippen molar-refractivity contribution in [3.8, 4) is 0 Å². The predicted octanol–water partition coefficient (Wildman–Crippen LogP) is 1.97. The molecule has 2 N–H and O–H groups in total. The minimum atomic E-state index is 0.273. The average Bonchev–Trinajstić information content (AvgIpc) is 3.09. The molecule has 1 aromatic rings. The second kappa shape index (κ2) is 11.2. The number of carbonyl (C=O) groups is 1. The van der Waals surface area contributed by atoms with Gasteiger partial charge in [-0.15, -0.1) is 0 Å². The van der Waals surface area contributed by atoms with Gasteiger partial charge in [-0.25, -0.2) is 0 Å². The molecule has 0 aliphatic carbocycles. The van der Waals surface area contributed by atoms with E-state index in [9.17, 15) is 4.79 Å². The van der Waals surface area contributed by atoms with Crippen molar-refractivity contribution in [1.29, 1.82) is 0 Å². The molecule has 6 nitrogen and oxygen atoms in total. The molecular formula is C23H37N5O. The SMILES string of the molecule is CN=C(NCCN1CCCC(C)C1)NCC1CC(=O)N(CCc2ccccc2)C1. The molecule has 2 unspecified atom stereocenters. The van der Waals surface area contributed by atoms with E-state index >= 15 is 0 Å². The summed E-state index contributed by atoms with van der Waals surface area (Å²) in [6, 6.07) is 10.4. The number of hydrogen-bond donors (Lipinski definition) is 2. The van der Waals surface area contributed by atoms with Crippen LogP contribution in [0.25, 0.3) is 0 Å². The lowest BCUT2D eigenvalue weighted by atomic mass is 10.0. The molecular weight excluding hydrogens is 362 g/mol. The van der Waals surface area contributed by atoms with E-state index in [0.29, 0.717) is 12.3 Å². The summed E-state index contributed by atoms with van der Waals surface area (Å²) in [6.07, 6.45) is 4.22. The van der Waals surface area contributed by atoms with Crippen molar-refractivity contribution in [1.82, 2.24) is 20.4 Å². The average molecular weight is 400 g/mol. The fourth-order valence-electron chi connectivity index (χ4n) is 4.40. The first-order chi connectivity index (χ1) is 14.1. The summed E-state index contributed by atoms with van der Waals surface area (Å²) in [5.74, 6) is 2.27. The number of rotatable bonds is 8. The van der Waals surface area contributed by atoms with E-state index in [1.54, 1.807) is 0 Å². The zero-order chi connectivity index (χ0) is 20.5. The number of nitrogens with one attached hydrogen (secondary N) is 2. The van der Waals surface area contributed by atoms with Crippen LogP contribution in [0.4, 0.5) is 0 Å². The normalized spacial score (nSPS) is 23.4. The van der Waals surface area contributed by atoms with Crippen molar-refractivity contribution in [3.05, 3.63) is 35.9 Å². The summed E-state index contributed by atoms with van der Waals surface area (Å²) in [6.45, 7) is 9.14. The van der Waals surface area contributed by atoms with Crippen LogP contribution in [0.5, 0.6) is 0 Å². The number of benzene rings is 1. The van der Waals surface area contributed by atoms with Gasteiger partial charge in [-0.1, -0.05) is 37.3 Å². The maximum absolute atomic E-state index is 12.3. The Kier molecular flexibility index (Phi) is 8.35. The van der Waals surface area contributed by atoms with E-state index in [4.69, 9.17) is 0 Å². The quantitative estimate of drug-likeness (QED) is 0.518. The molecule has 0 aromatic heterocycles. The van der Waals surface area contributed by atoms with E-state index < -0.39 is 0 Å². The summed E-state index contributed by atoms with van der Waals surface area (Å²) >= 11 is 0. The zero-order valence-corrected chi connectivity index (χ0v) is 18.1. The third-order valence-electron chi connectivity index (χ3n) is 6.05. The highest BCUT2D eigenvalue weighted by atomic mass is 16.2. The summed E-state index contributed by atoms with van der Waals surface area (Å²) < 4.78 is 0. The number of hydrogen-bond acceptors (Lipinski definition) is 3. The van der Waals surface area contributed by atoms with Crippen LogP contribution in [0.3, 0.4) is 0 Å². The van der Waals surface area contributed by atoms with E-state index in [1.165, 1.54) is 31.5 Å². The molecule has 2 heterocycles. The molecule has 0 radical (unpaired) electrons. The van der Waals surface area contributed by atoms with Gasteiger partial charge in [-0.3, -0.25) is 9.79 Å². The summed E-state index contributed by atoms with van der Waals surface area (Å²) in [5.41, 5.74) is 1.29. The molecule has 1 amide bonds. The van der Waals surface area contributed by atoms with Gasteiger partial charge >= 0.3 is 0 Å². The zero-order valence-electron chi connectivity index (χ0n) is 18.1. The molecule has 2 aliphatic heterocycles. The molecule has 0 saturated carbocycles. The molecule has 160 valence electrons. The topological polar surface area (TPSA) is 60.0 Å². The lowest BCUT2D eigenvalue weighted by molar-refractivity contribution is -0.127. The van der Waals surface area contributed by atoms with E-state index in [1.807, 2.05) is 18.0 Å². The van der Waals surface area contributed by atoms with Gasteiger partial charge in [-0.2, -0.15) is 0 Å². The van der Waals surface area contributed by atoms with Gasteiger partial charge in [0, 0.05) is 58.7 Å². The number of piperidine rings is 1. The Morgan fingerprint density at radius 1 is 1.17 bits per heavy atom. The Morgan fingerprint density at radius 2 is 2.00 bits per heavy atom. The molecule has 1 aromatic carbocycles. The van der Waals surface area contributed by atoms with Crippen LogP contribution >= 0.6 is 0 Å². The maximum atomic E-state index is 12.3. The summed E-state index contributed by atoms with van der Waals surface area (Å²) in [7, 11) is 1.81. The van der Waals surface area contributed by atoms with Gasteiger partial charge in [0.15, 0.2) is 5.96 Å². The maximum Gasteiger partial charge on any atom is 0.223 e. The lowest BCUT2D eigenvalue weighted by Gasteiger charge is -2.30. The smallest absolute Gasteiger partial charge is 0.223 e. The van der Waals surface area contributed by atoms with Gasteiger partial charge in [0.1, 0.15) is 0 Å². The van der Waals surface area contributed by atoms with Gasteiger partial charge in [-0.05, 0) is 37.3 Å². The molecule has 2 aliphatic rings. The largest absolute Gasteiger partial charge is 0.356 e. The molecule has 2 saturated heterocycles. The number of amides is 1. The number of likely N-dealkylation sites (tertiary alicyclic amines) is 2. The first-order valence-electron chi connectivity index (χ1n) is 11.1. The Morgan fingerprint density at radius 3 is 2.76 bits per heavy atom. The number of nitrogens with zero attached hydrogens (tertiary/aromatic N) is 3. The van der Waals surface area contributed by atoms with Crippen molar-refractivity contribution in [2.45, 2.75) is 32.6 Å². The van der Waals surface area contributed by atoms with Crippen molar-refractivity contribution in [2.75, 3.05) is 52.9 Å². The number of aliphatic imine (C=N–C) groups is 1. The summed E-state index contributed by atoms with van der Waals surface area (Å²) in [5, 5.41) is 6.84. The Bertz CT molecular complexity index is 662. The van der Waals surface area contributed by atoms with Crippen molar-refractivity contribution < 1.29 is 4.79 Å². The first-order valence-corrected chi connectivity index (χ1v) is 11.1. The van der Waals surface area contributed by atoms with Crippen LogP contribution in [0.1, 0.15) is 31.7 Å². The lowest BCUT2D eigenvalue weighted by Crippen LogP contribution is -2.44. The molecule has 2 atom stereocenters. The van der Waals surface area contributed by atoms with E-state index in [-0.39, 0.29) is 5.91 Å². The van der Waals surface area contributed by atoms with Crippen molar-refractivity contribution in [2.24, 2.45) is 16.8 Å². The Hall–Kier alpha value is -2.08. The molecule has 29 heavy (non-hydrogen) atoms. The minimum absolute atomic E-state index is 0.273. The molecule has 2 fully saturated rings. The minimum Gasteiger partial charge on any atom is -0.356 e. The van der Waals surface area contributed by atoms with Gasteiger partial charge in [0.2, 0.25) is 5.91 Å². The van der Waals surface area contributed by atoms with Crippen LogP contribution in [0.15, 0.2) is 35.3 Å². The third kappa shape index (κ3) is 7.03. The van der Waals surface area contributed by atoms with Crippen LogP contribution < -0.4 is 10.6 Å². The summed E-state index contributed by atoms with van der Waals surface area (Å²) in [4.78, 5) is 21.2. The van der Waals surface area contributed by atoms with Crippen LogP contribution in [-0.4, -0.2) is 74.5 Å². The predicted molar refractivity (Wildman–Crippen MR) is 119 cm³/mol. The monoisotopic (exact) mass is 399 g/mol. The van der Waals surface area contributed by atoms with Crippen molar-refractivity contribution in [3.63, 3.8) is 0 Å². The highest BCUT2D eigenvalue weighted by Gasteiger charge is 2.29. The molecule has 0 spiro atoms. The molecule has 0 bridgehead atoms. The fourth-order valence-corrected chi connectivity index (χ4v) is 4.40. The van der Waals surface area contributed by atoms with E-state index in [0.717, 1.165) is 51.0 Å². The van der Waals surface area contributed by atoms with Crippen LogP contribution in [0, 0.1) is 11.8 Å². The second-order valence-corrected chi connectivity index (χ2v) is 8.57. The standard InChI is InChI=1S/C23H37N5O/c1-19-7-6-12-27(17-19)14-11-25-23(24-2)26-16-21-15-22(29)28(18-21)13-10-20-8-4-3-5-9-20/h3-5,8-9,19,21H,6-7,10-18H2,1-2H3,(H2,24,25,26). The number of guanidine groups is 1. The Labute approximate surface area is 175 Å². The number of carbonyl (C=O) groups excluding carboxylic acids is 1. The highest BCUT2D eigenvalue weighted by Crippen LogP contribution is 2.18. The van der Waals surface area contributed by atoms with Gasteiger partial charge < -0.3 is 20.4 Å². The third-order valence-corrected chi connectivity index (χ3v) is 6.05. The first kappa shape index (κ1) is 21.6. The van der Waals surface area contributed by atoms with Crippen LogP contribution in [-0.2, 0) is 11.2 Å².